The van der Waals surface area contributed by atoms with Gasteiger partial charge in [-0.1, -0.05) is 13.8 Å². The van der Waals surface area contributed by atoms with E-state index in [0.29, 0.717) is 18.8 Å². The van der Waals surface area contributed by atoms with Crippen molar-refractivity contribution >= 4 is 5.78 Å². The Balaban J connectivity index is 2.25. The minimum absolute atomic E-state index is 0.0211. The van der Waals surface area contributed by atoms with Crippen LogP contribution in [0, 0.1) is 5.41 Å². The lowest BCUT2D eigenvalue weighted by Gasteiger charge is -2.40. The fourth-order valence-electron chi connectivity index (χ4n) is 2.27. The third kappa shape index (κ3) is 2.80. The Labute approximate surface area is 119 Å². The van der Waals surface area contributed by atoms with Crippen LogP contribution in [0.3, 0.4) is 0 Å². The molecule has 1 unspecified atom stereocenters. The topological polar surface area (TPSA) is 54.0 Å². The summed E-state index contributed by atoms with van der Waals surface area (Å²) in [6.07, 6.45) is 2.59. The molecule has 1 atom stereocenters. The molecule has 5 nitrogen and oxygen atoms in total. The van der Waals surface area contributed by atoms with Crippen LogP contribution >= 0.6 is 0 Å². The zero-order chi connectivity index (χ0) is 15.0. The second-order valence-corrected chi connectivity index (χ2v) is 6.11. The van der Waals surface area contributed by atoms with Crippen LogP contribution in [0.1, 0.15) is 20.8 Å². The molecular formula is C15H22O5. The molecule has 2 rings (SSSR count). The zero-order valence-electron chi connectivity index (χ0n) is 12.7. The average Bonchev–Trinajstić information content (AvgIpc) is 2.41. The fourth-order valence-corrected chi connectivity index (χ4v) is 2.27. The summed E-state index contributed by atoms with van der Waals surface area (Å²) in [6, 6.07) is 0. The van der Waals surface area contributed by atoms with Crippen LogP contribution < -0.4 is 0 Å². The van der Waals surface area contributed by atoms with Crippen LogP contribution in [0.4, 0.5) is 0 Å². The maximum atomic E-state index is 12.0. The van der Waals surface area contributed by atoms with E-state index in [2.05, 4.69) is 13.8 Å². The molecule has 0 N–H and O–H groups in total. The highest BCUT2D eigenvalue weighted by atomic mass is 16.7. The molecule has 0 aromatic rings. The second kappa shape index (κ2) is 5.31. The first-order chi connectivity index (χ1) is 9.31. The van der Waals surface area contributed by atoms with Gasteiger partial charge >= 0.3 is 0 Å². The van der Waals surface area contributed by atoms with Crippen LogP contribution in [0.2, 0.25) is 0 Å². The number of hydrogen-bond donors (Lipinski definition) is 0. The standard InChI is InChI=1S/C15H22O5/c1-14(2)8-19-13(20-9-14)10-6-11(16)12(17-4)7-15(10,3)18-5/h6-7,13H,8-9H2,1-5H3. The minimum atomic E-state index is -0.772. The van der Waals surface area contributed by atoms with Gasteiger partial charge in [-0.3, -0.25) is 4.79 Å². The second-order valence-electron chi connectivity index (χ2n) is 6.11. The van der Waals surface area contributed by atoms with Gasteiger partial charge in [-0.25, -0.2) is 0 Å². The number of allylic oxidation sites excluding steroid dienone is 1. The average molecular weight is 282 g/mol. The fraction of sp³-hybridized carbons (Fsp3) is 0.667. The van der Waals surface area contributed by atoms with Crippen LogP contribution in [-0.2, 0) is 23.7 Å². The van der Waals surface area contributed by atoms with E-state index in [0.717, 1.165) is 0 Å². The third-order valence-electron chi connectivity index (χ3n) is 3.66. The number of ether oxygens (including phenoxy) is 4. The van der Waals surface area contributed by atoms with Crippen LogP contribution in [0.5, 0.6) is 0 Å². The molecule has 0 amide bonds. The van der Waals surface area contributed by atoms with Crippen LogP contribution in [0.25, 0.3) is 0 Å². The number of rotatable bonds is 3. The Hall–Kier alpha value is -1.17. The predicted molar refractivity (Wildman–Crippen MR) is 73.1 cm³/mol. The maximum Gasteiger partial charge on any atom is 0.220 e. The summed E-state index contributed by atoms with van der Waals surface area (Å²) in [6.45, 7) is 7.15. The maximum absolute atomic E-state index is 12.0. The van der Waals surface area contributed by atoms with Gasteiger partial charge in [-0.15, -0.1) is 0 Å². The Morgan fingerprint density at radius 3 is 2.30 bits per heavy atom. The molecule has 2 aliphatic rings. The van der Waals surface area contributed by atoms with E-state index in [1.807, 2.05) is 6.92 Å². The molecule has 0 aromatic heterocycles. The Bertz CT molecular complexity index is 453. The van der Waals surface area contributed by atoms with Crippen molar-refractivity contribution in [3.63, 3.8) is 0 Å². The SMILES string of the molecule is COC1=CC(C)(OC)C(C2OCC(C)(C)CO2)=CC1=O. The molecule has 112 valence electrons. The van der Waals surface area contributed by atoms with Crippen molar-refractivity contribution in [3.8, 4) is 0 Å². The number of hydrogen-bond acceptors (Lipinski definition) is 5. The quantitative estimate of drug-likeness (QED) is 0.790. The smallest absolute Gasteiger partial charge is 0.220 e. The monoisotopic (exact) mass is 282 g/mol. The lowest BCUT2D eigenvalue weighted by Crippen LogP contribution is -2.45. The summed E-state index contributed by atoms with van der Waals surface area (Å²) in [7, 11) is 3.05. The van der Waals surface area contributed by atoms with Gasteiger partial charge < -0.3 is 18.9 Å². The van der Waals surface area contributed by atoms with Crippen molar-refractivity contribution in [2.24, 2.45) is 5.41 Å². The summed E-state index contributed by atoms with van der Waals surface area (Å²) in [5.74, 6) is 0.0725. The molecule has 1 aliphatic heterocycles. The van der Waals surface area contributed by atoms with Crippen molar-refractivity contribution in [1.29, 1.82) is 0 Å². The van der Waals surface area contributed by atoms with Crippen molar-refractivity contribution in [1.82, 2.24) is 0 Å². The summed E-state index contributed by atoms with van der Waals surface area (Å²) >= 11 is 0. The van der Waals surface area contributed by atoms with Gasteiger partial charge in [0.15, 0.2) is 12.0 Å². The molecule has 5 heteroatoms. The Morgan fingerprint density at radius 1 is 1.20 bits per heavy atom. The molecule has 20 heavy (non-hydrogen) atoms. The molecule has 1 saturated heterocycles. The van der Waals surface area contributed by atoms with E-state index in [1.54, 1.807) is 13.2 Å². The third-order valence-corrected chi connectivity index (χ3v) is 3.66. The number of methoxy groups -OCH3 is 2. The van der Waals surface area contributed by atoms with Crippen LogP contribution in [-0.4, -0.2) is 45.1 Å². The number of ketones is 1. The van der Waals surface area contributed by atoms with Gasteiger partial charge in [0.2, 0.25) is 5.78 Å². The van der Waals surface area contributed by atoms with E-state index < -0.39 is 11.9 Å². The predicted octanol–water partition coefficient (Wildman–Crippen LogP) is 1.83. The highest BCUT2D eigenvalue weighted by Crippen LogP contribution is 2.36. The van der Waals surface area contributed by atoms with Crippen molar-refractivity contribution < 1.29 is 23.7 Å². The Morgan fingerprint density at radius 2 is 1.80 bits per heavy atom. The van der Waals surface area contributed by atoms with E-state index >= 15 is 0 Å². The molecular weight excluding hydrogens is 260 g/mol. The van der Waals surface area contributed by atoms with E-state index in [4.69, 9.17) is 18.9 Å². The molecule has 0 radical (unpaired) electrons. The van der Waals surface area contributed by atoms with Gasteiger partial charge in [-0.2, -0.15) is 0 Å². The Kier molecular flexibility index (Phi) is 4.04. The zero-order valence-corrected chi connectivity index (χ0v) is 12.7. The molecule has 1 heterocycles. The molecule has 1 aliphatic carbocycles. The first kappa shape index (κ1) is 15.2. The minimum Gasteiger partial charge on any atom is -0.493 e. The molecule has 0 bridgehead atoms. The molecule has 0 spiro atoms. The van der Waals surface area contributed by atoms with Gasteiger partial charge in [0.1, 0.15) is 5.60 Å². The first-order valence-electron chi connectivity index (χ1n) is 6.63. The summed E-state index contributed by atoms with van der Waals surface area (Å²) < 4.78 is 22.1. The van der Waals surface area contributed by atoms with E-state index in [-0.39, 0.29) is 17.0 Å². The van der Waals surface area contributed by atoms with Crippen molar-refractivity contribution in [2.75, 3.05) is 27.4 Å². The first-order valence-corrected chi connectivity index (χ1v) is 6.63. The largest absolute Gasteiger partial charge is 0.493 e. The van der Waals surface area contributed by atoms with E-state index in [1.165, 1.54) is 13.2 Å². The summed E-state index contributed by atoms with van der Waals surface area (Å²) in [4.78, 5) is 12.0. The summed E-state index contributed by atoms with van der Waals surface area (Å²) in [5.41, 5.74) is -0.126. The van der Waals surface area contributed by atoms with Crippen molar-refractivity contribution in [2.45, 2.75) is 32.7 Å². The highest BCUT2D eigenvalue weighted by molar-refractivity contribution is 6.04. The van der Waals surface area contributed by atoms with Gasteiger partial charge in [-0.05, 0) is 19.1 Å². The highest BCUT2D eigenvalue weighted by Gasteiger charge is 2.41. The normalized spacial score (nSPS) is 30.8. The lowest BCUT2D eigenvalue weighted by atomic mass is 9.87. The molecule has 0 aromatic carbocycles. The van der Waals surface area contributed by atoms with E-state index in [9.17, 15) is 4.79 Å². The number of carbonyl (C=O) groups excluding carboxylic acids is 1. The van der Waals surface area contributed by atoms with Gasteiger partial charge in [0.25, 0.3) is 0 Å². The lowest BCUT2D eigenvalue weighted by molar-refractivity contribution is -0.211. The molecule has 1 fully saturated rings. The van der Waals surface area contributed by atoms with Gasteiger partial charge in [0, 0.05) is 18.1 Å². The van der Waals surface area contributed by atoms with Crippen molar-refractivity contribution in [3.05, 3.63) is 23.5 Å². The van der Waals surface area contributed by atoms with Crippen LogP contribution in [0.15, 0.2) is 23.5 Å². The van der Waals surface area contributed by atoms with Gasteiger partial charge in [0.05, 0.1) is 20.3 Å². The summed E-state index contributed by atoms with van der Waals surface area (Å²) in [5, 5.41) is 0. The number of carbonyl (C=O) groups is 1. The molecule has 0 saturated carbocycles.